The third kappa shape index (κ3) is 2.86. The topological polar surface area (TPSA) is 32.3 Å². The molecule has 1 N–H and O–H groups in total. The molecule has 0 aliphatic heterocycles. The first kappa shape index (κ1) is 10.8. The molecular weight excluding hydrogens is 188 g/mol. The van der Waals surface area contributed by atoms with Crippen LogP contribution in [0.25, 0.3) is 0 Å². The van der Waals surface area contributed by atoms with Gasteiger partial charge in [0.1, 0.15) is 0 Å². The van der Waals surface area contributed by atoms with Crippen LogP contribution in [0.3, 0.4) is 0 Å². The molecule has 0 unspecified atom stereocenters. The molecule has 0 spiro atoms. The maximum atomic E-state index is 11.6. The van der Waals surface area contributed by atoms with Crippen LogP contribution < -0.4 is 5.32 Å². The molecule has 0 radical (unpaired) electrons. The van der Waals surface area contributed by atoms with Crippen LogP contribution in [0.15, 0.2) is 0 Å². The minimum absolute atomic E-state index is 0.0869. The predicted octanol–water partition coefficient (Wildman–Crippen LogP) is 2.08. The summed E-state index contributed by atoms with van der Waals surface area (Å²) in [6.45, 7) is 3.68. The van der Waals surface area contributed by atoms with Gasteiger partial charge in [-0.15, -0.1) is 0 Å². The zero-order valence-corrected chi connectivity index (χ0v) is 9.83. The van der Waals surface area contributed by atoms with E-state index in [9.17, 15) is 4.79 Å². The number of carbonyl (C=O) groups is 1. The number of hydrogen-bond donors (Lipinski definition) is 1. The number of hydrogen-bond acceptors (Lipinski definition) is 1. The van der Waals surface area contributed by atoms with Crippen molar-refractivity contribution in [3.63, 3.8) is 0 Å². The second kappa shape index (κ2) is 4.42. The largest absolute Gasteiger partial charge is 0.338 e. The van der Waals surface area contributed by atoms with Gasteiger partial charge in [0.05, 0.1) is 0 Å². The molecule has 2 fully saturated rings. The average molecular weight is 210 g/mol. The number of carbonyl (C=O) groups excluding carboxylic acids is 1. The van der Waals surface area contributed by atoms with Crippen molar-refractivity contribution in [3.8, 4) is 0 Å². The first-order chi connectivity index (χ1) is 7.22. The lowest BCUT2D eigenvalue weighted by Crippen LogP contribution is -2.40. The van der Waals surface area contributed by atoms with E-state index in [-0.39, 0.29) is 6.03 Å². The molecular formula is C12H22N2O. The molecule has 86 valence electrons. The monoisotopic (exact) mass is 210 g/mol. The molecule has 2 aliphatic rings. The summed E-state index contributed by atoms with van der Waals surface area (Å²) in [4.78, 5) is 13.3. The van der Waals surface area contributed by atoms with E-state index in [1.165, 1.54) is 25.7 Å². The van der Waals surface area contributed by atoms with Gasteiger partial charge in [-0.05, 0) is 50.4 Å². The lowest BCUT2D eigenvalue weighted by molar-refractivity contribution is 0.207. The second-order valence-electron chi connectivity index (χ2n) is 5.04. The molecule has 0 aromatic heterocycles. The standard InChI is InChI=1S/C12H22N2O/c1-3-14(2)12(15)13-8-11(9-4-5-9)10-6-7-10/h9-11H,3-8H2,1-2H3,(H,13,15). The Hall–Kier alpha value is -0.730. The van der Waals surface area contributed by atoms with E-state index in [2.05, 4.69) is 5.32 Å². The van der Waals surface area contributed by atoms with E-state index in [1.807, 2.05) is 14.0 Å². The molecule has 2 aliphatic carbocycles. The van der Waals surface area contributed by atoms with Gasteiger partial charge in [0.2, 0.25) is 0 Å². The predicted molar refractivity (Wildman–Crippen MR) is 60.6 cm³/mol. The molecule has 2 saturated carbocycles. The van der Waals surface area contributed by atoms with Crippen LogP contribution in [-0.4, -0.2) is 31.1 Å². The molecule has 3 nitrogen and oxygen atoms in total. The van der Waals surface area contributed by atoms with Crippen LogP contribution in [0.1, 0.15) is 32.6 Å². The normalized spacial score (nSPS) is 20.5. The van der Waals surface area contributed by atoms with Gasteiger partial charge in [0.15, 0.2) is 0 Å². The van der Waals surface area contributed by atoms with Gasteiger partial charge in [0.25, 0.3) is 0 Å². The zero-order chi connectivity index (χ0) is 10.8. The Morgan fingerprint density at radius 1 is 1.33 bits per heavy atom. The third-order valence-electron chi connectivity index (χ3n) is 3.77. The van der Waals surface area contributed by atoms with Crippen LogP contribution in [-0.2, 0) is 0 Å². The summed E-state index contributed by atoms with van der Waals surface area (Å²) in [5.41, 5.74) is 0. The molecule has 2 amide bonds. The fourth-order valence-electron chi connectivity index (χ4n) is 2.25. The van der Waals surface area contributed by atoms with Crippen molar-refractivity contribution in [2.45, 2.75) is 32.6 Å². The van der Waals surface area contributed by atoms with Crippen molar-refractivity contribution in [1.82, 2.24) is 10.2 Å². The number of amides is 2. The van der Waals surface area contributed by atoms with E-state index in [0.29, 0.717) is 0 Å². The number of urea groups is 1. The van der Waals surface area contributed by atoms with Gasteiger partial charge in [-0.3, -0.25) is 0 Å². The maximum absolute atomic E-state index is 11.6. The van der Waals surface area contributed by atoms with Gasteiger partial charge in [-0.2, -0.15) is 0 Å². The molecule has 0 bridgehead atoms. The highest BCUT2D eigenvalue weighted by atomic mass is 16.2. The maximum Gasteiger partial charge on any atom is 0.317 e. The second-order valence-corrected chi connectivity index (χ2v) is 5.04. The highest BCUT2D eigenvalue weighted by molar-refractivity contribution is 5.73. The Kier molecular flexibility index (Phi) is 3.17. The number of nitrogens with one attached hydrogen (secondary N) is 1. The van der Waals surface area contributed by atoms with Gasteiger partial charge >= 0.3 is 6.03 Å². The van der Waals surface area contributed by atoms with Crippen molar-refractivity contribution in [1.29, 1.82) is 0 Å². The lowest BCUT2D eigenvalue weighted by Gasteiger charge is -2.20. The van der Waals surface area contributed by atoms with Crippen molar-refractivity contribution in [3.05, 3.63) is 0 Å². The van der Waals surface area contributed by atoms with E-state index in [0.717, 1.165) is 30.8 Å². The number of rotatable bonds is 5. The van der Waals surface area contributed by atoms with Crippen LogP contribution in [0, 0.1) is 17.8 Å². The summed E-state index contributed by atoms with van der Waals surface area (Å²) in [5.74, 6) is 2.62. The summed E-state index contributed by atoms with van der Waals surface area (Å²) in [7, 11) is 1.85. The molecule has 15 heavy (non-hydrogen) atoms. The van der Waals surface area contributed by atoms with Crippen LogP contribution >= 0.6 is 0 Å². The summed E-state index contributed by atoms with van der Waals surface area (Å²) >= 11 is 0. The molecule has 0 saturated heterocycles. The van der Waals surface area contributed by atoms with Gasteiger partial charge in [0, 0.05) is 20.1 Å². The van der Waals surface area contributed by atoms with Crippen LogP contribution in [0.5, 0.6) is 0 Å². The Morgan fingerprint density at radius 2 is 1.87 bits per heavy atom. The minimum atomic E-state index is 0.0869. The Bertz CT molecular complexity index is 222. The molecule has 0 heterocycles. The highest BCUT2D eigenvalue weighted by Crippen LogP contribution is 2.48. The molecule has 2 rings (SSSR count). The van der Waals surface area contributed by atoms with Crippen molar-refractivity contribution < 1.29 is 4.79 Å². The summed E-state index contributed by atoms with van der Waals surface area (Å²) in [5, 5.41) is 3.06. The average Bonchev–Trinajstić information content (AvgIpc) is 3.07. The summed E-state index contributed by atoms with van der Waals surface area (Å²) < 4.78 is 0. The smallest absolute Gasteiger partial charge is 0.317 e. The fraction of sp³-hybridized carbons (Fsp3) is 0.917. The van der Waals surface area contributed by atoms with E-state index >= 15 is 0 Å². The summed E-state index contributed by atoms with van der Waals surface area (Å²) in [6.07, 6.45) is 5.56. The molecule has 0 aromatic carbocycles. The zero-order valence-electron chi connectivity index (χ0n) is 9.83. The SMILES string of the molecule is CCN(C)C(=O)NCC(C1CC1)C1CC1. The minimum Gasteiger partial charge on any atom is -0.338 e. The Labute approximate surface area is 92.2 Å². The Balaban J connectivity index is 1.72. The van der Waals surface area contributed by atoms with Gasteiger partial charge < -0.3 is 10.2 Å². The van der Waals surface area contributed by atoms with Gasteiger partial charge in [-0.25, -0.2) is 4.79 Å². The first-order valence-electron chi connectivity index (χ1n) is 6.21. The number of nitrogens with zero attached hydrogens (tertiary/aromatic N) is 1. The van der Waals surface area contributed by atoms with Crippen molar-refractivity contribution >= 4 is 6.03 Å². The summed E-state index contributed by atoms with van der Waals surface area (Å²) in [6, 6.07) is 0.0869. The van der Waals surface area contributed by atoms with Crippen LogP contribution in [0.4, 0.5) is 4.79 Å². The van der Waals surface area contributed by atoms with E-state index in [4.69, 9.17) is 0 Å². The molecule has 0 aromatic rings. The molecule has 3 heteroatoms. The molecule has 0 atom stereocenters. The first-order valence-corrected chi connectivity index (χ1v) is 6.21. The van der Waals surface area contributed by atoms with E-state index < -0.39 is 0 Å². The van der Waals surface area contributed by atoms with Crippen molar-refractivity contribution in [2.24, 2.45) is 17.8 Å². The van der Waals surface area contributed by atoms with Gasteiger partial charge in [-0.1, -0.05) is 0 Å². The highest BCUT2D eigenvalue weighted by Gasteiger charge is 2.41. The quantitative estimate of drug-likeness (QED) is 0.740. The van der Waals surface area contributed by atoms with Crippen LogP contribution in [0.2, 0.25) is 0 Å². The fourth-order valence-corrected chi connectivity index (χ4v) is 2.25. The van der Waals surface area contributed by atoms with E-state index in [1.54, 1.807) is 4.90 Å². The lowest BCUT2D eigenvalue weighted by atomic mass is 9.98. The van der Waals surface area contributed by atoms with Crippen molar-refractivity contribution in [2.75, 3.05) is 20.1 Å². The third-order valence-corrected chi connectivity index (χ3v) is 3.77. The Morgan fingerprint density at radius 3 is 2.27 bits per heavy atom.